The zero-order valence-electron chi connectivity index (χ0n) is 15.3. The van der Waals surface area contributed by atoms with E-state index in [0.29, 0.717) is 18.7 Å². The molecule has 1 aromatic carbocycles. The summed E-state index contributed by atoms with van der Waals surface area (Å²) in [5.41, 5.74) is 0.336. The third kappa shape index (κ3) is 3.23. The average Bonchev–Trinajstić information content (AvgIpc) is 3.01. The van der Waals surface area contributed by atoms with Crippen molar-refractivity contribution in [1.82, 2.24) is 14.5 Å². The van der Waals surface area contributed by atoms with Gasteiger partial charge in [0.1, 0.15) is 0 Å². The van der Waals surface area contributed by atoms with Crippen LogP contribution >= 0.6 is 0 Å². The van der Waals surface area contributed by atoms with Gasteiger partial charge in [0.05, 0.1) is 16.9 Å². The molecule has 2 atom stereocenters. The molecule has 7 nitrogen and oxygen atoms in total. The minimum absolute atomic E-state index is 0.00221. The van der Waals surface area contributed by atoms with Crippen molar-refractivity contribution in [2.24, 2.45) is 5.92 Å². The summed E-state index contributed by atoms with van der Waals surface area (Å²) in [6, 6.07) is 5.83. The summed E-state index contributed by atoms with van der Waals surface area (Å²) in [6.45, 7) is 4.64. The maximum atomic E-state index is 13.0. The van der Waals surface area contributed by atoms with E-state index >= 15 is 0 Å². The molecule has 8 heteroatoms. The molecular formula is C18H25N3O4S. The molecule has 2 heterocycles. The Morgan fingerprint density at radius 2 is 2.08 bits per heavy atom. The van der Waals surface area contributed by atoms with E-state index in [1.165, 1.54) is 23.5 Å². The summed E-state index contributed by atoms with van der Waals surface area (Å²) >= 11 is 0. The van der Waals surface area contributed by atoms with Crippen LogP contribution in [0.4, 0.5) is 0 Å². The van der Waals surface area contributed by atoms with Crippen molar-refractivity contribution in [3.05, 3.63) is 29.8 Å². The molecule has 0 aliphatic carbocycles. The maximum Gasteiger partial charge on any atom is 0.254 e. The molecule has 0 saturated carbocycles. The number of carbonyl (C=O) groups excluding carboxylic acids is 2. The van der Waals surface area contributed by atoms with E-state index in [1.54, 1.807) is 30.9 Å². The first-order chi connectivity index (χ1) is 12.2. The van der Waals surface area contributed by atoms with Crippen LogP contribution in [0.5, 0.6) is 0 Å². The van der Waals surface area contributed by atoms with E-state index in [1.807, 2.05) is 0 Å². The second-order valence-corrected chi connectivity index (χ2v) is 9.20. The fourth-order valence-electron chi connectivity index (χ4n) is 3.60. The Bertz CT molecular complexity index is 821. The van der Waals surface area contributed by atoms with E-state index < -0.39 is 10.0 Å². The minimum atomic E-state index is -3.66. The van der Waals surface area contributed by atoms with Gasteiger partial charge in [-0.2, -0.15) is 4.31 Å². The third-order valence-electron chi connectivity index (χ3n) is 5.35. The first-order valence-corrected chi connectivity index (χ1v) is 10.3. The van der Waals surface area contributed by atoms with Crippen molar-refractivity contribution in [3.8, 4) is 0 Å². The zero-order chi connectivity index (χ0) is 19.1. The lowest BCUT2D eigenvalue weighted by Crippen LogP contribution is -2.48. The predicted molar refractivity (Wildman–Crippen MR) is 97.1 cm³/mol. The monoisotopic (exact) mass is 379 g/mol. The van der Waals surface area contributed by atoms with Crippen LogP contribution in [0.2, 0.25) is 0 Å². The Balaban J connectivity index is 1.88. The van der Waals surface area contributed by atoms with Crippen molar-refractivity contribution in [1.29, 1.82) is 0 Å². The lowest BCUT2D eigenvalue weighted by molar-refractivity contribution is -0.123. The highest BCUT2D eigenvalue weighted by atomic mass is 32.2. The van der Waals surface area contributed by atoms with Crippen LogP contribution in [-0.4, -0.2) is 61.7 Å². The summed E-state index contributed by atoms with van der Waals surface area (Å²) in [6.07, 6.45) is 1.56. The summed E-state index contributed by atoms with van der Waals surface area (Å²) in [7, 11) is -2.13. The standard InChI is InChI=1S/C18H25N3O4S/c1-12(2)20(3)26(24,25)14-7-4-6-13(10-14)18(23)21-9-5-8-15-16(21)11-19-17(15)22/h4,6-7,10,12,15-16H,5,8-9,11H2,1-3H3,(H,19,22)/t15-,16+/m1/s1. The molecule has 26 heavy (non-hydrogen) atoms. The molecule has 1 aromatic rings. The SMILES string of the molecule is CC(C)N(C)S(=O)(=O)c1cccc(C(=O)N2CCC[C@H]3C(=O)NC[C@@H]32)c1. The maximum absolute atomic E-state index is 13.0. The number of sulfonamides is 1. The normalized spacial score (nSPS) is 23.3. The summed E-state index contributed by atoms with van der Waals surface area (Å²) in [4.78, 5) is 26.7. The number of hydrogen-bond donors (Lipinski definition) is 1. The molecular weight excluding hydrogens is 354 g/mol. The van der Waals surface area contributed by atoms with Gasteiger partial charge in [-0.3, -0.25) is 9.59 Å². The highest BCUT2D eigenvalue weighted by Crippen LogP contribution is 2.29. The molecule has 1 N–H and O–H groups in total. The van der Waals surface area contributed by atoms with E-state index in [-0.39, 0.29) is 34.7 Å². The lowest BCUT2D eigenvalue weighted by atomic mass is 9.91. The van der Waals surface area contributed by atoms with Crippen LogP contribution in [-0.2, 0) is 14.8 Å². The Morgan fingerprint density at radius 1 is 1.35 bits per heavy atom. The number of hydrogen-bond acceptors (Lipinski definition) is 4. The number of carbonyl (C=O) groups is 2. The van der Waals surface area contributed by atoms with Gasteiger partial charge in [-0.15, -0.1) is 0 Å². The van der Waals surface area contributed by atoms with Gasteiger partial charge in [-0.25, -0.2) is 8.42 Å². The largest absolute Gasteiger partial charge is 0.354 e. The number of nitrogens with zero attached hydrogens (tertiary/aromatic N) is 2. The van der Waals surface area contributed by atoms with Gasteiger partial charge < -0.3 is 10.2 Å². The number of amides is 2. The Kier molecular flexibility index (Phi) is 5.07. The predicted octanol–water partition coefficient (Wildman–Crippen LogP) is 1.07. The molecule has 0 spiro atoms. The molecule has 0 unspecified atom stereocenters. The van der Waals surface area contributed by atoms with Crippen molar-refractivity contribution in [3.63, 3.8) is 0 Å². The van der Waals surface area contributed by atoms with Gasteiger partial charge in [-0.1, -0.05) is 6.07 Å². The molecule has 0 bridgehead atoms. The highest BCUT2D eigenvalue weighted by Gasteiger charge is 2.42. The van der Waals surface area contributed by atoms with Crippen LogP contribution in [0.25, 0.3) is 0 Å². The van der Waals surface area contributed by atoms with Gasteiger partial charge in [0.15, 0.2) is 0 Å². The van der Waals surface area contributed by atoms with Gasteiger partial charge >= 0.3 is 0 Å². The van der Waals surface area contributed by atoms with Crippen molar-refractivity contribution in [2.75, 3.05) is 20.1 Å². The number of nitrogens with one attached hydrogen (secondary N) is 1. The van der Waals surface area contributed by atoms with Gasteiger partial charge in [0.25, 0.3) is 5.91 Å². The molecule has 2 aliphatic heterocycles. The number of likely N-dealkylation sites (tertiary alicyclic amines) is 1. The van der Waals surface area contributed by atoms with Crippen LogP contribution in [0.3, 0.4) is 0 Å². The first-order valence-electron chi connectivity index (χ1n) is 8.90. The Morgan fingerprint density at radius 3 is 2.77 bits per heavy atom. The number of fused-ring (bicyclic) bond motifs is 1. The van der Waals surface area contributed by atoms with Gasteiger partial charge in [0, 0.05) is 31.7 Å². The quantitative estimate of drug-likeness (QED) is 0.848. The van der Waals surface area contributed by atoms with Gasteiger partial charge in [-0.05, 0) is 44.9 Å². The second kappa shape index (κ2) is 7.00. The summed E-state index contributed by atoms with van der Waals surface area (Å²) < 4.78 is 26.7. The van der Waals surface area contributed by atoms with E-state index in [4.69, 9.17) is 0 Å². The Hall–Kier alpha value is -1.93. The first kappa shape index (κ1) is 18.8. The van der Waals surface area contributed by atoms with Crippen molar-refractivity contribution < 1.29 is 18.0 Å². The zero-order valence-corrected chi connectivity index (χ0v) is 16.1. The van der Waals surface area contributed by atoms with Crippen LogP contribution in [0.1, 0.15) is 37.0 Å². The highest BCUT2D eigenvalue weighted by molar-refractivity contribution is 7.89. The minimum Gasteiger partial charge on any atom is -0.354 e. The van der Waals surface area contributed by atoms with Crippen LogP contribution < -0.4 is 5.32 Å². The molecule has 3 rings (SSSR count). The van der Waals surface area contributed by atoms with E-state index in [9.17, 15) is 18.0 Å². The second-order valence-electron chi connectivity index (χ2n) is 7.20. The summed E-state index contributed by atoms with van der Waals surface area (Å²) in [5.74, 6) is -0.380. The lowest BCUT2D eigenvalue weighted by Gasteiger charge is -2.36. The topological polar surface area (TPSA) is 86.8 Å². The molecule has 0 aromatic heterocycles. The van der Waals surface area contributed by atoms with Crippen molar-refractivity contribution in [2.45, 2.75) is 43.7 Å². The molecule has 2 saturated heterocycles. The van der Waals surface area contributed by atoms with Crippen LogP contribution in [0.15, 0.2) is 29.2 Å². The van der Waals surface area contributed by atoms with Gasteiger partial charge in [0.2, 0.25) is 15.9 Å². The summed E-state index contributed by atoms with van der Waals surface area (Å²) in [5, 5.41) is 2.83. The molecule has 2 amide bonds. The van der Waals surface area contributed by atoms with Crippen molar-refractivity contribution >= 4 is 21.8 Å². The van der Waals surface area contributed by atoms with Crippen LogP contribution in [0, 0.1) is 5.92 Å². The molecule has 142 valence electrons. The van der Waals surface area contributed by atoms with E-state index in [0.717, 1.165) is 12.8 Å². The Labute approximate surface area is 154 Å². The van der Waals surface area contributed by atoms with E-state index in [2.05, 4.69) is 5.32 Å². The third-order valence-corrected chi connectivity index (χ3v) is 7.38. The fourth-order valence-corrected chi connectivity index (χ4v) is 5.02. The smallest absolute Gasteiger partial charge is 0.254 e. The molecule has 2 fully saturated rings. The number of rotatable bonds is 4. The molecule has 2 aliphatic rings. The fraction of sp³-hybridized carbons (Fsp3) is 0.556. The number of benzene rings is 1. The average molecular weight is 379 g/mol. The number of piperidine rings is 1. The molecule has 0 radical (unpaired) electrons.